The monoisotopic (exact) mass is 290 g/mol. The van der Waals surface area contributed by atoms with Gasteiger partial charge in [-0.3, -0.25) is 4.90 Å². The predicted octanol–water partition coefficient (Wildman–Crippen LogP) is 2.96. The van der Waals surface area contributed by atoms with Crippen molar-refractivity contribution in [1.29, 1.82) is 0 Å². The molecule has 0 aliphatic heterocycles. The number of methoxy groups -OCH3 is 1. The second-order valence-corrected chi connectivity index (χ2v) is 5.07. The molecule has 1 unspecified atom stereocenters. The van der Waals surface area contributed by atoms with E-state index in [4.69, 9.17) is 33.7 Å². The van der Waals surface area contributed by atoms with Gasteiger partial charge in [0.1, 0.15) is 0 Å². The van der Waals surface area contributed by atoms with Gasteiger partial charge >= 0.3 is 0 Å². The third kappa shape index (κ3) is 4.41. The van der Waals surface area contributed by atoms with Crippen molar-refractivity contribution in [2.75, 3.05) is 33.9 Å². The molecule has 0 radical (unpaired) electrons. The highest BCUT2D eigenvalue weighted by molar-refractivity contribution is 6.42. The number of hydrogen-bond acceptors (Lipinski definition) is 3. The Morgan fingerprint density at radius 1 is 1.33 bits per heavy atom. The first kappa shape index (κ1) is 15.7. The summed E-state index contributed by atoms with van der Waals surface area (Å²) >= 11 is 12.0. The molecule has 0 saturated heterocycles. The number of nitrogens with zero attached hydrogens (tertiary/aromatic N) is 1. The molecule has 0 aliphatic rings. The number of benzene rings is 1. The van der Waals surface area contributed by atoms with Crippen LogP contribution in [0.2, 0.25) is 10.0 Å². The van der Waals surface area contributed by atoms with Crippen molar-refractivity contribution >= 4 is 23.2 Å². The Bertz CT molecular complexity index is 374. The molecule has 102 valence electrons. The molecule has 1 atom stereocenters. The Labute approximate surface area is 119 Å². The van der Waals surface area contributed by atoms with Crippen LogP contribution in [0.4, 0.5) is 0 Å². The first-order valence-electron chi connectivity index (χ1n) is 5.94. The molecule has 2 N–H and O–H groups in total. The molecular weight excluding hydrogens is 271 g/mol. The topological polar surface area (TPSA) is 38.5 Å². The van der Waals surface area contributed by atoms with Crippen LogP contribution in [-0.2, 0) is 4.74 Å². The second kappa shape index (κ2) is 7.97. The maximum Gasteiger partial charge on any atom is 0.0595 e. The molecule has 5 heteroatoms. The molecule has 0 saturated carbocycles. The minimum atomic E-state index is 0.150. The van der Waals surface area contributed by atoms with Gasteiger partial charge in [0.25, 0.3) is 0 Å². The normalized spacial score (nSPS) is 13.0. The van der Waals surface area contributed by atoms with Crippen LogP contribution in [0, 0.1) is 0 Å². The summed E-state index contributed by atoms with van der Waals surface area (Å²) in [5.41, 5.74) is 6.94. The lowest BCUT2D eigenvalue weighted by Gasteiger charge is -2.27. The lowest BCUT2D eigenvalue weighted by atomic mass is 10.1. The molecular formula is C13H20Cl2N2O. The number of halogens is 2. The summed E-state index contributed by atoms with van der Waals surface area (Å²) in [4.78, 5) is 2.21. The van der Waals surface area contributed by atoms with Crippen LogP contribution in [0.1, 0.15) is 18.0 Å². The van der Waals surface area contributed by atoms with Crippen LogP contribution in [0.5, 0.6) is 0 Å². The molecule has 1 aromatic rings. The molecule has 0 amide bonds. The van der Waals surface area contributed by atoms with Gasteiger partial charge in [-0.1, -0.05) is 29.3 Å². The summed E-state index contributed by atoms with van der Waals surface area (Å²) in [6, 6.07) is 5.81. The van der Waals surface area contributed by atoms with Crippen molar-refractivity contribution in [3.8, 4) is 0 Å². The second-order valence-electron chi connectivity index (χ2n) is 4.25. The summed E-state index contributed by atoms with van der Waals surface area (Å²) < 4.78 is 5.05. The minimum Gasteiger partial charge on any atom is -0.385 e. The molecule has 0 aliphatic carbocycles. The number of nitrogens with two attached hydrogens (primary N) is 1. The fraction of sp³-hybridized carbons (Fsp3) is 0.538. The average molecular weight is 291 g/mol. The van der Waals surface area contributed by atoms with Gasteiger partial charge in [-0.2, -0.15) is 0 Å². The number of likely N-dealkylation sites (N-methyl/N-ethyl adjacent to an activating group) is 1. The lowest BCUT2D eigenvalue weighted by Crippen LogP contribution is -2.31. The average Bonchev–Trinajstić information content (AvgIpc) is 2.35. The highest BCUT2D eigenvalue weighted by Crippen LogP contribution is 2.27. The van der Waals surface area contributed by atoms with E-state index in [1.165, 1.54) is 0 Å². The van der Waals surface area contributed by atoms with Crippen molar-refractivity contribution < 1.29 is 4.74 Å². The molecule has 0 heterocycles. The SMILES string of the molecule is COCCCN(C)C(CN)c1ccc(Cl)c(Cl)c1. The molecule has 0 fully saturated rings. The van der Waals surface area contributed by atoms with Crippen molar-refractivity contribution in [3.05, 3.63) is 33.8 Å². The summed E-state index contributed by atoms with van der Waals surface area (Å²) in [6.45, 7) is 2.22. The van der Waals surface area contributed by atoms with Gasteiger partial charge in [0, 0.05) is 32.8 Å². The fourth-order valence-corrected chi connectivity index (χ4v) is 2.21. The summed E-state index contributed by atoms with van der Waals surface area (Å²) in [6.07, 6.45) is 0.977. The third-order valence-electron chi connectivity index (χ3n) is 2.94. The Morgan fingerprint density at radius 2 is 2.06 bits per heavy atom. The van der Waals surface area contributed by atoms with Crippen LogP contribution in [0.25, 0.3) is 0 Å². The van der Waals surface area contributed by atoms with Crippen LogP contribution in [-0.4, -0.2) is 38.8 Å². The summed E-state index contributed by atoms with van der Waals surface area (Å²) in [7, 11) is 3.76. The van der Waals surface area contributed by atoms with E-state index in [0.717, 1.165) is 25.1 Å². The van der Waals surface area contributed by atoms with Crippen molar-refractivity contribution in [1.82, 2.24) is 4.90 Å². The standard InChI is InChI=1S/C13H20Cl2N2O/c1-17(6-3-7-18-2)13(9-16)10-4-5-11(14)12(15)8-10/h4-5,8,13H,3,6-7,9,16H2,1-2H3. The zero-order valence-corrected chi connectivity index (χ0v) is 12.3. The van der Waals surface area contributed by atoms with Gasteiger partial charge in [-0.15, -0.1) is 0 Å². The molecule has 1 aromatic carbocycles. The van der Waals surface area contributed by atoms with Crippen LogP contribution in [0.3, 0.4) is 0 Å². The molecule has 0 bridgehead atoms. The van der Waals surface area contributed by atoms with Gasteiger partial charge in [0.15, 0.2) is 0 Å². The number of ether oxygens (including phenoxy) is 1. The third-order valence-corrected chi connectivity index (χ3v) is 3.68. The van der Waals surface area contributed by atoms with Gasteiger partial charge < -0.3 is 10.5 Å². The smallest absolute Gasteiger partial charge is 0.0595 e. The van der Waals surface area contributed by atoms with E-state index in [1.54, 1.807) is 7.11 Å². The Balaban J connectivity index is 2.72. The van der Waals surface area contributed by atoms with Gasteiger partial charge in [0.05, 0.1) is 10.0 Å². The fourth-order valence-electron chi connectivity index (χ4n) is 1.90. The van der Waals surface area contributed by atoms with E-state index in [2.05, 4.69) is 11.9 Å². The lowest BCUT2D eigenvalue weighted by molar-refractivity contribution is 0.166. The predicted molar refractivity (Wildman–Crippen MR) is 77.4 cm³/mol. The summed E-state index contributed by atoms with van der Waals surface area (Å²) in [5.74, 6) is 0. The van der Waals surface area contributed by atoms with Gasteiger partial charge in [0.2, 0.25) is 0 Å². The highest BCUT2D eigenvalue weighted by Gasteiger charge is 2.16. The molecule has 18 heavy (non-hydrogen) atoms. The Hall–Kier alpha value is -0.320. The van der Waals surface area contributed by atoms with E-state index in [0.29, 0.717) is 16.6 Å². The van der Waals surface area contributed by atoms with Crippen LogP contribution < -0.4 is 5.73 Å². The Kier molecular flexibility index (Phi) is 6.97. The Morgan fingerprint density at radius 3 is 2.61 bits per heavy atom. The zero-order chi connectivity index (χ0) is 13.5. The number of rotatable bonds is 7. The van der Waals surface area contributed by atoms with Gasteiger partial charge in [-0.05, 0) is 31.2 Å². The largest absolute Gasteiger partial charge is 0.385 e. The first-order chi connectivity index (χ1) is 8.60. The van der Waals surface area contributed by atoms with E-state index in [1.807, 2.05) is 18.2 Å². The van der Waals surface area contributed by atoms with E-state index in [-0.39, 0.29) is 6.04 Å². The molecule has 0 aromatic heterocycles. The maximum absolute atomic E-state index is 6.04. The first-order valence-corrected chi connectivity index (χ1v) is 6.70. The van der Waals surface area contributed by atoms with E-state index < -0.39 is 0 Å². The van der Waals surface area contributed by atoms with Crippen molar-refractivity contribution in [2.24, 2.45) is 5.73 Å². The zero-order valence-electron chi connectivity index (χ0n) is 10.8. The van der Waals surface area contributed by atoms with E-state index >= 15 is 0 Å². The maximum atomic E-state index is 6.04. The van der Waals surface area contributed by atoms with Crippen LogP contribution in [0.15, 0.2) is 18.2 Å². The minimum absolute atomic E-state index is 0.150. The highest BCUT2D eigenvalue weighted by atomic mass is 35.5. The quantitative estimate of drug-likeness (QED) is 0.785. The van der Waals surface area contributed by atoms with Crippen molar-refractivity contribution in [2.45, 2.75) is 12.5 Å². The van der Waals surface area contributed by atoms with Crippen molar-refractivity contribution in [3.63, 3.8) is 0 Å². The van der Waals surface area contributed by atoms with E-state index in [9.17, 15) is 0 Å². The summed E-state index contributed by atoms with van der Waals surface area (Å²) in [5, 5.41) is 1.14. The van der Waals surface area contributed by atoms with Crippen LogP contribution >= 0.6 is 23.2 Å². The van der Waals surface area contributed by atoms with Gasteiger partial charge in [-0.25, -0.2) is 0 Å². The molecule has 1 rings (SSSR count). The molecule has 3 nitrogen and oxygen atoms in total. The number of hydrogen-bond donors (Lipinski definition) is 1. The molecule has 0 spiro atoms.